The summed E-state index contributed by atoms with van der Waals surface area (Å²) >= 11 is 6.47. The molecule has 1 aliphatic carbocycles. The van der Waals surface area contributed by atoms with Gasteiger partial charge in [-0.2, -0.15) is 5.26 Å². The van der Waals surface area contributed by atoms with Crippen molar-refractivity contribution in [1.82, 2.24) is 9.55 Å². The minimum absolute atomic E-state index is 0.0198. The zero-order valence-electron chi connectivity index (χ0n) is 17.7. The molecule has 1 aliphatic rings. The van der Waals surface area contributed by atoms with Crippen LogP contribution in [0.4, 0.5) is 10.2 Å². The number of benzene rings is 2. The summed E-state index contributed by atoms with van der Waals surface area (Å²) in [6.45, 7) is 1.05. The zero-order chi connectivity index (χ0) is 22.8. The van der Waals surface area contributed by atoms with E-state index in [4.69, 9.17) is 22.6 Å². The summed E-state index contributed by atoms with van der Waals surface area (Å²) in [5.41, 5.74) is 7.27. The zero-order valence-corrected chi connectivity index (χ0v) is 18.4. The van der Waals surface area contributed by atoms with E-state index in [9.17, 15) is 9.18 Å². The lowest BCUT2D eigenvalue weighted by Gasteiger charge is -2.22. The van der Waals surface area contributed by atoms with Crippen LogP contribution < -0.4 is 16.2 Å². The number of nitrogens with two attached hydrogens (primary N) is 1. The van der Waals surface area contributed by atoms with E-state index >= 15 is 0 Å². The highest BCUT2D eigenvalue weighted by molar-refractivity contribution is 6.32. The Morgan fingerprint density at radius 2 is 2.00 bits per heavy atom. The van der Waals surface area contributed by atoms with Crippen LogP contribution in [0, 0.1) is 17.1 Å². The predicted octanol–water partition coefficient (Wildman–Crippen LogP) is 4.23. The molecule has 0 saturated heterocycles. The molecule has 0 unspecified atom stereocenters. The standard InChI is InChI=1S/C24H23ClFN5O/c1-30(12-2-11-27)23-21(25)24(32)31(19-9-7-16(8-10-19)15-3-4-15)22(29-23)17-5-6-18(14-28)20(26)13-17/h5-10,13,15H,2-4,11-12,27H2,1H3. The van der Waals surface area contributed by atoms with Crippen molar-refractivity contribution in [1.29, 1.82) is 5.26 Å². The number of hydrogen-bond donors (Lipinski definition) is 1. The molecule has 0 aliphatic heterocycles. The Morgan fingerprint density at radius 3 is 2.59 bits per heavy atom. The van der Waals surface area contributed by atoms with Crippen LogP contribution in [0.3, 0.4) is 0 Å². The van der Waals surface area contributed by atoms with E-state index in [2.05, 4.69) is 4.98 Å². The molecule has 1 saturated carbocycles. The highest BCUT2D eigenvalue weighted by Gasteiger charge is 2.24. The van der Waals surface area contributed by atoms with Gasteiger partial charge in [-0.25, -0.2) is 9.37 Å². The lowest BCUT2D eigenvalue weighted by molar-refractivity contribution is 0.624. The van der Waals surface area contributed by atoms with Crippen LogP contribution in [0.15, 0.2) is 47.3 Å². The number of aromatic nitrogens is 2. The largest absolute Gasteiger partial charge is 0.358 e. The number of nitrogens with zero attached hydrogens (tertiary/aromatic N) is 4. The number of rotatable bonds is 7. The molecule has 0 spiro atoms. The van der Waals surface area contributed by atoms with Crippen molar-refractivity contribution in [2.45, 2.75) is 25.2 Å². The first-order chi connectivity index (χ1) is 15.4. The van der Waals surface area contributed by atoms with Crippen molar-refractivity contribution in [3.63, 3.8) is 0 Å². The Balaban J connectivity index is 1.91. The minimum atomic E-state index is -0.678. The summed E-state index contributed by atoms with van der Waals surface area (Å²) in [4.78, 5) is 19.8. The minimum Gasteiger partial charge on any atom is -0.358 e. The highest BCUT2D eigenvalue weighted by Crippen LogP contribution is 2.40. The van der Waals surface area contributed by atoms with Gasteiger partial charge in [-0.15, -0.1) is 0 Å². The molecule has 0 bridgehead atoms. The molecule has 32 heavy (non-hydrogen) atoms. The van der Waals surface area contributed by atoms with Gasteiger partial charge >= 0.3 is 0 Å². The molecule has 1 fully saturated rings. The van der Waals surface area contributed by atoms with Crippen LogP contribution in [0.5, 0.6) is 0 Å². The summed E-state index contributed by atoms with van der Waals surface area (Å²) in [6.07, 6.45) is 3.04. The van der Waals surface area contributed by atoms with Crippen molar-refractivity contribution in [3.05, 3.63) is 74.8 Å². The first-order valence-electron chi connectivity index (χ1n) is 10.5. The van der Waals surface area contributed by atoms with Gasteiger partial charge in [0.2, 0.25) is 0 Å². The van der Waals surface area contributed by atoms with Gasteiger partial charge in [0.15, 0.2) is 5.82 Å². The van der Waals surface area contributed by atoms with E-state index in [0.717, 1.165) is 0 Å². The van der Waals surface area contributed by atoms with Crippen molar-refractivity contribution < 1.29 is 4.39 Å². The Hall–Kier alpha value is -3.21. The van der Waals surface area contributed by atoms with Gasteiger partial charge in [0.25, 0.3) is 5.56 Å². The Kier molecular flexibility index (Phi) is 6.26. The SMILES string of the molecule is CN(CCCN)c1nc(-c2ccc(C#N)c(F)c2)n(-c2ccc(C3CC3)cc2)c(=O)c1Cl. The number of hydrogen-bond acceptors (Lipinski definition) is 5. The molecule has 1 heterocycles. The Morgan fingerprint density at radius 1 is 1.28 bits per heavy atom. The number of nitriles is 1. The fraction of sp³-hybridized carbons (Fsp3) is 0.292. The molecule has 164 valence electrons. The van der Waals surface area contributed by atoms with Crippen LogP contribution >= 0.6 is 11.6 Å². The van der Waals surface area contributed by atoms with Crippen molar-refractivity contribution >= 4 is 17.4 Å². The molecular weight excluding hydrogens is 429 g/mol. The fourth-order valence-corrected chi connectivity index (χ4v) is 3.94. The second-order valence-electron chi connectivity index (χ2n) is 7.95. The number of anilines is 1. The molecular formula is C24H23ClFN5O. The van der Waals surface area contributed by atoms with E-state index in [1.165, 1.54) is 35.1 Å². The van der Waals surface area contributed by atoms with Gasteiger partial charge in [0, 0.05) is 19.2 Å². The molecule has 2 aromatic carbocycles. The van der Waals surface area contributed by atoms with Gasteiger partial charge in [-0.05, 0) is 67.6 Å². The van der Waals surface area contributed by atoms with E-state index < -0.39 is 11.4 Å². The molecule has 1 aromatic heterocycles. The fourth-order valence-electron chi connectivity index (χ4n) is 3.67. The summed E-state index contributed by atoms with van der Waals surface area (Å²) in [6, 6.07) is 13.7. The third-order valence-electron chi connectivity index (χ3n) is 5.62. The average Bonchev–Trinajstić information content (AvgIpc) is 3.64. The van der Waals surface area contributed by atoms with E-state index in [1.807, 2.05) is 30.3 Å². The van der Waals surface area contributed by atoms with E-state index in [-0.39, 0.29) is 16.4 Å². The van der Waals surface area contributed by atoms with E-state index in [1.54, 1.807) is 18.0 Å². The maximum absolute atomic E-state index is 14.4. The van der Waals surface area contributed by atoms with Crippen LogP contribution in [0.25, 0.3) is 17.1 Å². The lowest BCUT2D eigenvalue weighted by Crippen LogP contribution is -2.29. The smallest absolute Gasteiger partial charge is 0.279 e. The maximum Gasteiger partial charge on any atom is 0.279 e. The molecule has 0 atom stereocenters. The van der Waals surface area contributed by atoms with Gasteiger partial charge in [-0.1, -0.05) is 23.7 Å². The van der Waals surface area contributed by atoms with E-state index in [0.29, 0.717) is 42.5 Å². The average molecular weight is 452 g/mol. The summed E-state index contributed by atoms with van der Waals surface area (Å²) < 4.78 is 15.8. The Labute approximate surface area is 190 Å². The summed E-state index contributed by atoms with van der Waals surface area (Å²) in [5, 5.41) is 9.05. The second kappa shape index (κ2) is 9.11. The third kappa shape index (κ3) is 4.24. The first kappa shape index (κ1) is 22.0. The molecule has 2 N–H and O–H groups in total. The normalized spacial score (nSPS) is 13.1. The van der Waals surface area contributed by atoms with Crippen molar-refractivity contribution in [2.75, 3.05) is 25.0 Å². The van der Waals surface area contributed by atoms with Crippen molar-refractivity contribution in [2.24, 2.45) is 5.73 Å². The topological polar surface area (TPSA) is 87.9 Å². The summed E-state index contributed by atoms with van der Waals surface area (Å²) in [7, 11) is 1.78. The first-order valence-corrected chi connectivity index (χ1v) is 10.9. The molecule has 4 rings (SSSR count). The molecule has 8 heteroatoms. The quantitative estimate of drug-likeness (QED) is 0.580. The van der Waals surface area contributed by atoms with Gasteiger partial charge < -0.3 is 10.6 Å². The summed E-state index contributed by atoms with van der Waals surface area (Å²) in [5.74, 6) is 0.448. The molecule has 6 nitrogen and oxygen atoms in total. The van der Waals surface area contributed by atoms with Crippen LogP contribution in [-0.2, 0) is 0 Å². The molecule has 0 amide bonds. The van der Waals surface area contributed by atoms with Crippen molar-refractivity contribution in [3.8, 4) is 23.1 Å². The monoisotopic (exact) mass is 451 g/mol. The molecule has 3 aromatic rings. The van der Waals surface area contributed by atoms with Crippen LogP contribution in [0.1, 0.15) is 36.3 Å². The second-order valence-corrected chi connectivity index (χ2v) is 8.33. The maximum atomic E-state index is 14.4. The number of halogens is 2. The molecule has 0 radical (unpaired) electrons. The van der Waals surface area contributed by atoms with Crippen LogP contribution in [0.2, 0.25) is 5.02 Å². The van der Waals surface area contributed by atoms with Crippen LogP contribution in [-0.4, -0.2) is 29.7 Å². The highest BCUT2D eigenvalue weighted by atomic mass is 35.5. The van der Waals surface area contributed by atoms with Gasteiger partial charge in [0.1, 0.15) is 22.7 Å². The predicted molar refractivity (Wildman–Crippen MR) is 124 cm³/mol. The Bertz CT molecular complexity index is 1240. The third-order valence-corrected chi connectivity index (χ3v) is 5.95. The lowest BCUT2D eigenvalue weighted by atomic mass is 10.1. The van der Waals surface area contributed by atoms with Gasteiger partial charge in [-0.3, -0.25) is 9.36 Å². The van der Waals surface area contributed by atoms with Gasteiger partial charge in [0.05, 0.1) is 11.3 Å².